The van der Waals surface area contributed by atoms with Crippen molar-refractivity contribution in [3.05, 3.63) is 0 Å². The SMILES string of the molecule is O=C(O)CCCCCCC1C(=O)NC(=O)N1CCC(O)C1C2CC3CC(C2)CC1C3. The highest BCUT2D eigenvalue weighted by molar-refractivity contribution is 6.04. The third-order valence-electron chi connectivity index (χ3n) is 8.20. The Hall–Kier alpha value is -1.63. The Balaban J connectivity index is 1.24. The van der Waals surface area contributed by atoms with Gasteiger partial charge in [0.05, 0.1) is 6.10 Å². The normalized spacial score (nSPS) is 35.7. The van der Waals surface area contributed by atoms with Crippen molar-refractivity contribution in [1.82, 2.24) is 10.2 Å². The maximum absolute atomic E-state index is 12.3. The van der Waals surface area contributed by atoms with Gasteiger partial charge in [-0.2, -0.15) is 0 Å². The van der Waals surface area contributed by atoms with Crippen LogP contribution in [0.1, 0.15) is 77.0 Å². The maximum Gasteiger partial charge on any atom is 0.324 e. The molecule has 0 aromatic heterocycles. The van der Waals surface area contributed by atoms with E-state index < -0.39 is 12.0 Å². The second-order valence-corrected chi connectivity index (χ2v) is 10.2. The average Bonchev–Trinajstić information content (AvgIpc) is 2.94. The molecular weight excluding hydrogens is 384 g/mol. The van der Waals surface area contributed by atoms with Gasteiger partial charge in [0.15, 0.2) is 0 Å². The van der Waals surface area contributed by atoms with E-state index >= 15 is 0 Å². The summed E-state index contributed by atoms with van der Waals surface area (Å²) in [5, 5.41) is 22.1. The van der Waals surface area contributed by atoms with E-state index in [0.717, 1.165) is 31.1 Å². The molecule has 4 aliphatic carbocycles. The van der Waals surface area contributed by atoms with Gasteiger partial charge in [-0.15, -0.1) is 0 Å². The molecule has 7 nitrogen and oxygen atoms in total. The van der Waals surface area contributed by atoms with Crippen molar-refractivity contribution in [2.75, 3.05) is 6.54 Å². The van der Waals surface area contributed by atoms with Gasteiger partial charge in [-0.1, -0.05) is 19.3 Å². The fourth-order valence-corrected chi connectivity index (χ4v) is 7.11. The van der Waals surface area contributed by atoms with E-state index in [9.17, 15) is 19.5 Å². The summed E-state index contributed by atoms with van der Waals surface area (Å²) in [6.07, 6.45) is 10.5. The van der Waals surface area contributed by atoms with E-state index in [1.54, 1.807) is 4.90 Å². The molecule has 7 heteroatoms. The van der Waals surface area contributed by atoms with Gasteiger partial charge in [0.2, 0.25) is 0 Å². The molecule has 0 aromatic carbocycles. The standard InChI is InChI=1S/C23H36N2O5/c26-19(21-16-10-14-9-15(12-16)13-17(21)11-14)7-8-25-18(22(29)24-23(25)30)5-3-1-2-4-6-20(27)28/h14-19,21,26H,1-13H2,(H,27,28)(H,24,29,30). The van der Waals surface area contributed by atoms with Crippen LogP contribution in [0.4, 0.5) is 4.79 Å². The molecule has 0 radical (unpaired) electrons. The van der Waals surface area contributed by atoms with E-state index in [1.165, 1.54) is 32.1 Å². The number of nitrogens with zero attached hydrogens (tertiary/aromatic N) is 1. The van der Waals surface area contributed by atoms with Gasteiger partial charge in [0.25, 0.3) is 5.91 Å². The number of hydrogen-bond acceptors (Lipinski definition) is 4. The van der Waals surface area contributed by atoms with E-state index in [1.807, 2.05) is 0 Å². The Bertz CT molecular complexity index is 638. The van der Waals surface area contributed by atoms with Crippen LogP contribution in [0.5, 0.6) is 0 Å². The molecule has 1 saturated heterocycles. The van der Waals surface area contributed by atoms with Crippen LogP contribution >= 0.6 is 0 Å². The van der Waals surface area contributed by atoms with Crippen LogP contribution in [0, 0.1) is 29.6 Å². The van der Waals surface area contributed by atoms with Crippen molar-refractivity contribution < 1.29 is 24.6 Å². The third-order valence-corrected chi connectivity index (χ3v) is 8.20. The Morgan fingerprint density at radius 2 is 1.63 bits per heavy atom. The van der Waals surface area contributed by atoms with Crippen LogP contribution in [0.15, 0.2) is 0 Å². The van der Waals surface area contributed by atoms with Gasteiger partial charge in [0.1, 0.15) is 6.04 Å². The lowest BCUT2D eigenvalue weighted by atomic mass is 9.50. The third kappa shape index (κ3) is 4.66. The largest absolute Gasteiger partial charge is 0.481 e. The summed E-state index contributed by atoms with van der Waals surface area (Å²) in [4.78, 5) is 36.7. The Labute approximate surface area is 178 Å². The maximum atomic E-state index is 12.3. The number of carboxylic acid groups (broad SMARTS) is 1. The molecular formula is C23H36N2O5. The number of imide groups is 1. The van der Waals surface area contributed by atoms with Gasteiger partial charge >= 0.3 is 12.0 Å². The molecule has 168 valence electrons. The highest BCUT2D eigenvalue weighted by Gasteiger charge is 2.50. The van der Waals surface area contributed by atoms with Crippen LogP contribution < -0.4 is 5.32 Å². The predicted octanol–water partition coefficient (Wildman–Crippen LogP) is 3.16. The van der Waals surface area contributed by atoms with Crippen LogP contribution in [-0.4, -0.2) is 51.7 Å². The molecule has 1 heterocycles. The lowest BCUT2D eigenvalue weighted by molar-refractivity contribution is -0.137. The summed E-state index contributed by atoms with van der Waals surface area (Å²) in [5.41, 5.74) is 0. The summed E-state index contributed by atoms with van der Waals surface area (Å²) in [5.74, 6) is 2.38. The lowest BCUT2D eigenvalue weighted by Crippen LogP contribution is -2.50. The van der Waals surface area contributed by atoms with E-state index in [4.69, 9.17) is 5.11 Å². The highest BCUT2D eigenvalue weighted by Crippen LogP contribution is 2.57. The summed E-state index contributed by atoms with van der Waals surface area (Å²) in [7, 11) is 0. The minimum absolute atomic E-state index is 0.178. The van der Waals surface area contributed by atoms with Crippen molar-refractivity contribution in [1.29, 1.82) is 0 Å². The average molecular weight is 421 g/mol. The fraction of sp³-hybridized carbons (Fsp3) is 0.870. The molecule has 5 aliphatic rings. The number of hydrogen-bond donors (Lipinski definition) is 3. The van der Waals surface area contributed by atoms with Crippen molar-refractivity contribution >= 4 is 17.9 Å². The van der Waals surface area contributed by atoms with Crippen LogP contribution in [0.25, 0.3) is 0 Å². The lowest BCUT2D eigenvalue weighted by Gasteiger charge is -2.55. The zero-order valence-electron chi connectivity index (χ0n) is 17.8. The van der Waals surface area contributed by atoms with E-state index in [-0.39, 0.29) is 24.5 Å². The molecule has 0 aromatic rings. The number of carbonyl (C=O) groups excluding carboxylic acids is 2. The minimum Gasteiger partial charge on any atom is -0.481 e. The van der Waals surface area contributed by atoms with Crippen molar-refractivity contribution in [3.8, 4) is 0 Å². The minimum atomic E-state index is -0.778. The topological polar surface area (TPSA) is 107 Å². The Morgan fingerprint density at radius 1 is 1.00 bits per heavy atom. The summed E-state index contributed by atoms with van der Waals surface area (Å²) in [6, 6.07) is -0.796. The summed E-state index contributed by atoms with van der Waals surface area (Å²) < 4.78 is 0. The number of nitrogens with one attached hydrogen (secondary N) is 1. The summed E-state index contributed by atoms with van der Waals surface area (Å²) in [6.45, 7) is 0.422. The molecule has 4 bridgehead atoms. The number of carboxylic acids is 1. The quantitative estimate of drug-likeness (QED) is 0.352. The molecule has 5 fully saturated rings. The first-order chi connectivity index (χ1) is 14.4. The second kappa shape index (κ2) is 9.25. The molecule has 4 saturated carbocycles. The number of aliphatic hydroxyl groups is 1. The first-order valence-corrected chi connectivity index (χ1v) is 11.9. The van der Waals surface area contributed by atoms with Gasteiger partial charge in [-0.25, -0.2) is 4.79 Å². The number of amides is 3. The number of rotatable bonds is 11. The molecule has 1 aliphatic heterocycles. The molecule has 2 unspecified atom stereocenters. The van der Waals surface area contributed by atoms with Crippen LogP contribution in [0.3, 0.4) is 0 Å². The molecule has 0 spiro atoms. The molecule has 5 rings (SSSR count). The van der Waals surface area contributed by atoms with E-state index in [0.29, 0.717) is 43.6 Å². The zero-order chi connectivity index (χ0) is 21.3. The Kier molecular flexibility index (Phi) is 6.66. The highest BCUT2D eigenvalue weighted by atomic mass is 16.4. The van der Waals surface area contributed by atoms with E-state index in [2.05, 4.69) is 5.32 Å². The first-order valence-electron chi connectivity index (χ1n) is 11.9. The molecule has 2 atom stereocenters. The number of aliphatic carboxylic acids is 1. The smallest absolute Gasteiger partial charge is 0.324 e. The molecule has 3 amide bonds. The first kappa shape index (κ1) is 21.6. The molecule has 3 N–H and O–H groups in total. The number of urea groups is 1. The Morgan fingerprint density at radius 3 is 2.27 bits per heavy atom. The van der Waals surface area contributed by atoms with Crippen molar-refractivity contribution in [3.63, 3.8) is 0 Å². The fourth-order valence-electron chi connectivity index (χ4n) is 7.11. The number of carbonyl (C=O) groups is 3. The van der Waals surface area contributed by atoms with Gasteiger partial charge < -0.3 is 15.1 Å². The summed E-state index contributed by atoms with van der Waals surface area (Å²) >= 11 is 0. The van der Waals surface area contributed by atoms with Crippen molar-refractivity contribution in [2.45, 2.75) is 89.2 Å². The van der Waals surface area contributed by atoms with Gasteiger partial charge in [-0.05, 0) is 81.0 Å². The predicted molar refractivity (Wildman–Crippen MR) is 111 cm³/mol. The van der Waals surface area contributed by atoms with Crippen molar-refractivity contribution in [2.24, 2.45) is 29.6 Å². The van der Waals surface area contributed by atoms with Crippen LogP contribution in [-0.2, 0) is 9.59 Å². The number of aliphatic hydroxyl groups excluding tert-OH is 1. The second-order valence-electron chi connectivity index (χ2n) is 10.2. The number of unbranched alkanes of at least 4 members (excludes halogenated alkanes) is 3. The zero-order valence-corrected chi connectivity index (χ0v) is 17.8. The van der Waals surface area contributed by atoms with Gasteiger partial charge in [-0.3, -0.25) is 14.9 Å². The molecule has 30 heavy (non-hydrogen) atoms. The monoisotopic (exact) mass is 420 g/mol. The van der Waals surface area contributed by atoms with Crippen LogP contribution in [0.2, 0.25) is 0 Å². The van der Waals surface area contributed by atoms with Gasteiger partial charge in [0, 0.05) is 13.0 Å².